The Morgan fingerprint density at radius 3 is 2.34 bits per heavy atom. The maximum atomic E-state index is 14.6. The highest BCUT2D eigenvalue weighted by molar-refractivity contribution is 6.29. The fourth-order valence-electron chi connectivity index (χ4n) is 8.90. The van der Waals surface area contributed by atoms with E-state index in [-0.39, 0.29) is 30.8 Å². The first kappa shape index (κ1) is 45.6. The lowest BCUT2D eigenvalue weighted by molar-refractivity contribution is -0.295. The molecule has 0 saturated carbocycles. The molecule has 5 rings (SSSR count). The highest BCUT2D eigenvalue weighted by Crippen LogP contribution is 2.39. The van der Waals surface area contributed by atoms with Gasteiger partial charge in [-0.1, -0.05) is 39.3 Å². The number of aliphatic hydroxyl groups excluding tert-OH is 1. The van der Waals surface area contributed by atoms with Crippen LogP contribution in [-0.2, 0) is 44.6 Å². The number of hydrogen-bond acceptors (Lipinski definition) is 13. The van der Waals surface area contributed by atoms with E-state index in [9.17, 15) is 24.3 Å². The van der Waals surface area contributed by atoms with Gasteiger partial charge in [-0.25, -0.2) is 14.8 Å². The molecule has 0 aromatic carbocycles. The van der Waals surface area contributed by atoms with Gasteiger partial charge in [0.2, 0.25) is 0 Å². The Balaban J connectivity index is 1.40. The van der Waals surface area contributed by atoms with Gasteiger partial charge in [0.15, 0.2) is 18.2 Å². The summed E-state index contributed by atoms with van der Waals surface area (Å²) in [4.78, 5) is 68.4. The summed E-state index contributed by atoms with van der Waals surface area (Å²) < 4.78 is 32.8. The number of carbonyl (C=O) groups is 4. The minimum absolute atomic E-state index is 0.131. The van der Waals surface area contributed by atoms with Crippen LogP contribution in [0.25, 0.3) is 11.3 Å². The highest BCUT2D eigenvalue weighted by atomic mass is 35.5. The average Bonchev–Trinajstić information content (AvgIpc) is 3.80. The van der Waals surface area contributed by atoms with Crippen LogP contribution < -0.4 is 0 Å². The van der Waals surface area contributed by atoms with Crippen molar-refractivity contribution in [2.45, 2.75) is 142 Å². The molecule has 1 amide bonds. The number of amides is 1. The predicted octanol–water partition coefficient (Wildman–Crippen LogP) is 5.19. The minimum Gasteiger partial charge on any atom is -0.458 e. The van der Waals surface area contributed by atoms with E-state index in [0.717, 1.165) is 11.3 Å². The Hall–Kier alpha value is -3.47. The van der Waals surface area contributed by atoms with Crippen molar-refractivity contribution in [3.63, 3.8) is 0 Å². The topological polar surface area (TPSA) is 172 Å². The van der Waals surface area contributed by atoms with Gasteiger partial charge in [0, 0.05) is 62.0 Å². The van der Waals surface area contributed by atoms with Crippen molar-refractivity contribution < 1.29 is 48.0 Å². The lowest BCUT2D eigenvalue weighted by atomic mass is 9.75. The fourth-order valence-corrected chi connectivity index (χ4v) is 9.02. The Kier molecular flexibility index (Phi) is 15.2. The molecule has 58 heavy (non-hydrogen) atoms. The van der Waals surface area contributed by atoms with Gasteiger partial charge in [-0.2, -0.15) is 0 Å². The smallest absolute Gasteiger partial charge is 0.410 e. The van der Waals surface area contributed by atoms with Crippen molar-refractivity contribution >= 4 is 35.2 Å². The number of fused-ring (bicyclic) bond motifs is 1. The van der Waals surface area contributed by atoms with Gasteiger partial charge in [0.05, 0.1) is 35.9 Å². The van der Waals surface area contributed by atoms with Gasteiger partial charge in [-0.15, -0.1) is 0 Å². The fraction of sp³-hybridized carbons (Fsp3) is 0.714. The molecule has 5 heterocycles. The van der Waals surface area contributed by atoms with Gasteiger partial charge >= 0.3 is 12.1 Å². The van der Waals surface area contributed by atoms with Gasteiger partial charge in [0.25, 0.3) is 0 Å². The second kappa shape index (κ2) is 19.3. The molecule has 15 nitrogen and oxygen atoms in total. The van der Waals surface area contributed by atoms with Crippen LogP contribution in [0, 0.1) is 23.7 Å². The van der Waals surface area contributed by atoms with Gasteiger partial charge in [-0.3, -0.25) is 14.4 Å². The zero-order valence-corrected chi connectivity index (χ0v) is 36.3. The molecule has 2 aromatic rings. The second-order valence-corrected chi connectivity index (χ2v) is 17.2. The molecule has 0 radical (unpaired) electrons. The summed E-state index contributed by atoms with van der Waals surface area (Å²) in [7, 11) is 5.23. The molecular weight excluding hydrogens is 770 g/mol. The Bertz CT molecular complexity index is 1740. The molecule has 0 aliphatic carbocycles. The molecule has 16 heteroatoms. The predicted molar refractivity (Wildman–Crippen MR) is 215 cm³/mol. The summed E-state index contributed by atoms with van der Waals surface area (Å²) in [5.74, 6) is -4.91. The van der Waals surface area contributed by atoms with Crippen LogP contribution in [0.15, 0.2) is 30.9 Å². The lowest BCUT2D eigenvalue weighted by Gasteiger charge is -2.47. The number of ketones is 2. The van der Waals surface area contributed by atoms with E-state index in [1.54, 1.807) is 51.2 Å². The largest absolute Gasteiger partial charge is 0.458 e. The Labute approximate surface area is 347 Å². The number of rotatable bonds is 11. The molecule has 1 unspecified atom stereocenters. The first-order chi connectivity index (χ1) is 27.4. The molecule has 322 valence electrons. The van der Waals surface area contributed by atoms with Crippen LogP contribution >= 0.6 is 11.6 Å². The zero-order valence-electron chi connectivity index (χ0n) is 35.5. The minimum atomic E-state index is -1.26. The number of carbonyl (C=O) groups excluding carboxylic acids is 4. The van der Waals surface area contributed by atoms with E-state index in [1.807, 2.05) is 49.7 Å². The third-order valence-electron chi connectivity index (χ3n) is 12.4. The van der Waals surface area contributed by atoms with Crippen LogP contribution in [0.4, 0.5) is 4.79 Å². The third kappa shape index (κ3) is 9.93. The number of aromatic nitrogens is 3. The van der Waals surface area contributed by atoms with Crippen molar-refractivity contribution in [3.8, 4) is 11.3 Å². The van der Waals surface area contributed by atoms with Crippen LogP contribution in [-0.4, -0.2) is 135 Å². The molecule has 3 aliphatic heterocycles. The van der Waals surface area contributed by atoms with Crippen LogP contribution in [0.1, 0.15) is 80.6 Å². The average molecular weight is 832 g/mol. The summed E-state index contributed by atoms with van der Waals surface area (Å²) >= 11 is 5.94. The molecular formula is C42H62ClN5O10. The number of cyclic esters (lactones) is 1. The monoisotopic (exact) mass is 831 g/mol. The highest BCUT2D eigenvalue weighted by Gasteiger charge is 2.54. The van der Waals surface area contributed by atoms with Crippen LogP contribution in [0.2, 0.25) is 5.15 Å². The number of nitrogens with zero attached hydrogens (tertiary/aromatic N) is 5. The van der Waals surface area contributed by atoms with E-state index in [0.29, 0.717) is 37.5 Å². The van der Waals surface area contributed by atoms with E-state index in [1.165, 1.54) is 14.0 Å². The normalized spacial score (nSPS) is 35.4. The number of esters is 1. The maximum Gasteiger partial charge on any atom is 0.410 e. The summed E-state index contributed by atoms with van der Waals surface area (Å²) in [6, 6.07) is 2.54. The second-order valence-electron chi connectivity index (χ2n) is 16.8. The van der Waals surface area contributed by atoms with Crippen molar-refractivity contribution in [3.05, 3.63) is 36.0 Å². The SMILES string of the molecule is CC[C@H]1OC(=O)[C@H](C)C(=O)[C@H](C)[C@@H](O[C@@H]2O[C@H](C)C[C@H](N(C)C)[C@H]2O)[C@](C)(OC)C[C@@H](C)C(=O)[C@H](C)C2[C@@H]1OC(=O)N2CCCCn1cnc(-c2ccc(Cl)nc2)c1. The first-order valence-corrected chi connectivity index (χ1v) is 20.9. The molecule has 3 saturated heterocycles. The zero-order chi connectivity index (χ0) is 42.6. The number of imidazole rings is 1. The summed E-state index contributed by atoms with van der Waals surface area (Å²) in [5.41, 5.74) is 0.338. The maximum absolute atomic E-state index is 14.6. The molecule has 3 aliphatic rings. The van der Waals surface area contributed by atoms with Crippen molar-refractivity contribution in [1.82, 2.24) is 24.3 Å². The number of hydrogen-bond donors (Lipinski definition) is 1. The van der Waals surface area contributed by atoms with Gasteiger partial charge < -0.3 is 43.2 Å². The molecule has 0 spiro atoms. The van der Waals surface area contributed by atoms with Crippen LogP contribution in [0.5, 0.6) is 0 Å². The summed E-state index contributed by atoms with van der Waals surface area (Å²) in [5, 5.41) is 11.8. The number of Topliss-reactive ketones (excluding diaryl/α,β-unsaturated/α-hetero) is 2. The van der Waals surface area contributed by atoms with Crippen molar-refractivity contribution in [1.29, 1.82) is 0 Å². The number of unbranched alkanes of at least 4 members (excludes halogenated alkanes) is 1. The number of halogens is 1. The number of likely N-dealkylation sites (N-methyl/N-ethyl adjacent to an activating group) is 1. The van der Waals surface area contributed by atoms with E-state index >= 15 is 0 Å². The van der Waals surface area contributed by atoms with Crippen LogP contribution in [0.3, 0.4) is 0 Å². The van der Waals surface area contributed by atoms with Crippen molar-refractivity contribution in [2.75, 3.05) is 27.7 Å². The first-order valence-electron chi connectivity index (χ1n) is 20.5. The van der Waals surface area contributed by atoms with Crippen molar-refractivity contribution in [2.24, 2.45) is 23.7 Å². The third-order valence-corrected chi connectivity index (χ3v) is 12.6. The molecule has 0 bridgehead atoms. The number of ether oxygens (including phenoxy) is 5. The summed E-state index contributed by atoms with van der Waals surface area (Å²) in [6.07, 6.45) is 1.67. The number of aliphatic hydroxyl groups is 1. The lowest BCUT2D eigenvalue weighted by Crippen LogP contribution is -2.59. The number of aryl methyl sites for hydroxylation is 1. The van der Waals surface area contributed by atoms with E-state index in [2.05, 4.69) is 9.97 Å². The number of methoxy groups -OCH3 is 1. The van der Waals surface area contributed by atoms with E-state index < -0.39 is 83.9 Å². The summed E-state index contributed by atoms with van der Waals surface area (Å²) in [6.45, 7) is 13.1. The van der Waals surface area contributed by atoms with E-state index in [4.69, 9.17) is 35.3 Å². The number of pyridine rings is 1. The van der Waals surface area contributed by atoms with Gasteiger partial charge in [0.1, 0.15) is 29.1 Å². The molecule has 1 N–H and O–H groups in total. The Morgan fingerprint density at radius 1 is 1.00 bits per heavy atom. The van der Waals surface area contributed by atoms with Gasteiger partial charge in [-0.05, 0) is 79.1 Å². The molecule has 13 atom stereocenters. The quantitative estimate of drug-likeness (QED) is 0.136. The molecule has 2 aromatic heterocycles. The Morgan fingerprint density at radius 2 is 1.71 bits per heavy atom. The standard InChI is InChI=1S/C42H62ClN5O10/c1-11-31-37-33(48(41(53)57-37)17-13-12-16-47-21-29(45-22-47)28-14-15-32(43)44-20-28)25(4)34(49)23(2)19-42(7,54-10)38(26(5)35(50)27(6)39(52)56-31)58-40-36(51)30(46(8)9)18-24(3)55-40/h14-15,20-27,30-31,33,36-38,40,51H,11-13,16-19H2,1-10H3/t23-,24-,25-,26+,27-,30+,31-,33?,36-,37-,38-,40+,42-/m1/s1. The molecule has 3 fully saturated rings.